The van der Waals surface area contributed by atoms with E-state index >= 15 is 0 Å². The molecule has 0 aromatic heterocycles. The van der Waals surface area contributed by atoms with E-state index in [2.05, 4.69) is 0 Å². The summed E-state index contributed by atoms with van der Waals surface area (Å²) < 4.78 is 25.5. The SMILES string of the molecule is CC(NS(=O)(=O)c1ccc(C#N)c(Cl)c1)C(=O)O. The number of nitriles is 1. The number of benzene rings is 1. The number of hydrogen-bond donors (Lipinski definition) is 2. The number of carboxylic acids is 1. The Morgan fingerprint density at radius 3 is 2.61 bits per heavy atom. The second kappa shape index (κ2) is 5.35. The first kappa shape index (κ1) is 14.4. The number of carboxylic acid groups (broad SMARTS) is 1. The molecule has 6 nitrogen and oxygen atoms in total. The minimum absolute atomic E-state index is 0.0108. The number of aliphatic carboxylic acids is 1. The molecule has 0 radical (unpaired) electrons. The maximum atomic E-state index is 11.8. The highest BCUT2D eigenvalue weighted by molar-refractivity contribution is 7.89. The average molecular weight is 289 g/mol. The molecular weight excluding hydrogens is 280 g/mol. The monoisotopic (exact) mass is 288 g/mol. The average Bonchev–Trinajstić information content (AvgIpc) is 2.28. The summed E-state index contributed by atoms with van der Waals surface area (Å²) in [7, 11) is -3.98. The summed E-state index contributed by atoms with van der Waals surface area (Å²) in [6.45, 7) is 1.20. The van der Waals surface area contributed by atoms with Gasteiger partial charge >= 0.3 is 5.97 Å². The molecule has 0 saturated heterocycles. The summed E-state index contributed by atoms with van der Waals surface area (Å²) in [5.41, 5.74) is 0.141. The molecule has 1 unspecified atom stereocenters. The zero-order valence-corrected chi connectivity index (χ0v) is 10.8. The van der Waals surface area contributed by atoms with Gasteiger partial charge in [0.1, 0.15) is 12.1 Å². The molecule has 1 rings (SSSR count). The molecular formula is C10H9ClN2O4S. The lowest BCUT2D eigenvalue weighted by atomic mass is 10.2. The van der Waals surface area contributed by atoms with Crippen LogP contribution < -0.4 is 4.72 Å². The predicted octanol–water partition coefficient (Wildman–Crippen LogP) is 0.963. The normalized spacial score (nSPS) is 12.7. The van der Waals surface area contributed by atoms with Crippen LogP contribution in [-0.2, 0) is 14.8 Å². The Balaban J connectivity index is 3.11. The second-order valence-electron chi connectivity index (χ2n) is 3.43. The van der Waals surface area contributed by atoms with Gasteiger partial charge in [-0.05, 0) is 25.1 Å². The van der Waals surface area contributed by atoms with Crippen molar-refractivity contribution in [2.24, 2.45) is 0 Å². The first-order valence-electron chi connectivity index (χ1n) is 4.72. The van der Waals surface area contributed by atoms with Crippen molar-refractivity contribution >= 4 is 27.6 Å². The van der Waals surface area contributed by atoms with E-state index in [9.17, 15) is 13.2 Å². The number of nitrogens with one attached hydrogen (secondary N) is 1. The van der Waals surface area contributed by atoms with Crippen LogP contribution in [0, 0.1) is 11.3 Å². The first-order valence-corrected chi connectivity index (χ1v) is 6.59. The Kier molecular flexibility index (Phi) is 4.29. The lowest BCUT2D eigenvalue weighted by Gasteiger charge is -2.10. The molecule has 1 aromatic rings. The molecule has 8 heteroatoms. The third-order valence-corrected chi connectivity index (χ3v) is 3.92. The quantitative estimate of drug-likeness (QED) is 0.858. The van der Waals surface area contributed by atoms with Gasteiger partial charge in [-0.3, -0.25) is 4.79 Å². The number of carbonyl (C=O) groups is 1. The highest BCUT2D eigenvalue weighted by Crippen LogP contribution is 2.20. The Bertz CT molecular complexity index is 621. The van der Waals surface area contributed by atoms with Gasteiger partial charge in [-0.15, -0.1) is 0 Å². The molecule has 1 atom stereocenters. The molecule has 0 aliphatic heterocycles. The van der Waals surface area contributed by atoms with Crippen LogP contribution in [0.5, 0.6) is 0 Å². The molecule has 2 N–H and O–H groups in total. The topological polar surface area (TPSA) is 107 Å². The van der Waals surface area contributed by atoms with E-state index in [0.717, 1.165) is 6.07 Å². The van der Waals surface area contributed by atoms with Crippen LogP contribution >= 0.6 is 11.6 Å². The van der Waals surface area contributed by atoms with Crippen LogP contribution in [-0.4, -0.2) is 25.5 Å². The van der Waals surface area contributed by atoms with E-state index < -0.39 is 22.0 Å². The molecule has 0 bridgehead atoms. The van der Waals surface area contributed by atoms with E-state index in [1.54, 1.807) is 6.07 Å². The van der Waals surface area contributed by atoms with Gasteiger partial charge in [-0.2, -0.15) is 9.98 Å². The number of sulfonamides is 1. The van der Waals surface area contributed by atoms with Gasteiger partial charge < -0.3 is 5.11 Å². The Hall–Kier alpha value is -1.62. The third-order valence-electron chi connectivity index (χ3n) is 2.07. The van der Waals surface area contributed by atoms with Crippen molar-refractivity contribution in [2.75, 3.05) is 0 Å². The molecule has 0 heterocycles. The summed E-state index contributed by atoms with van der Waals surface area (Å²) >= 11 is 5.70. The Morgan fingerprint density at radius 2 is 2.17 bits per heavy atom. The summed E-state index contributed by atoms with van der Waals surface area (Å²) in [5.74, 6) is -1.29. The largest absolute Gasteiger partial charge is 0.480 e. The highest BCUT2D eigenvalue weighted by Gasteiger charge is 2.22. The summed E-state index contributed by atoms with van der Waals surface area (Å²) in [5, 5.41) is 17.3. The Labute approximate surface area is 109 Å². The van der Waals surface area contributed by atoms with Gasteiger partial charge in [0.25, 0.3) is 0 Å². The predicted molar refractivity (Wildman–Crippen MR) is 63.6 cm³/mol. The molecule has 0 aliphatic rings. The molecule has 96 valence electrons. The van der Waals surface area contributed by atoms with Gasteiger partial charge in [-0.25, -0.2) is 8.42 Å². The van der Waals surface area contributed by atoms with Gasteiger partial charge in [0.2, 0.25) is 10.0 Å². The van der Waals surface area contributed by atoms with Gasteiger partial charge in [0, 0.05) is 0 Å². The van der Waals surface area contributed by atoms with Crippen molar-refractivity contribution in [3.8, 4) is 6.07 Å². The maximum absolute atomic E-state index is 11.8. The summed E-state index contributed by atoms with van der Waals surface area (Å²) in [6, 6.07) is 4.06. The smallest absolute Gasteiger partial charge is 0.321 e. The van der Waals surface area contributed by atoms with Crippen molar-refractivity contribution in [2.45, 2.75) is 17.9 Å². The second-order valence-corrected chi connectivity index (χ2v) is 5.56. The van der Waals surface area contributed by atoms with Gasteiger partial charge in [0.05, 0.1) is 15.5 Å². The van der Waals surface area contributed by atoms with Gasteiger partial charge in [-0.1, -0.05) is 11.6 Å². The van der Waals surface area contributed by atoms with E-state index in [1.807, 2.05) is 4.72 Å². The highest BCUT2D eigenvalue weighted by atomic mass is 35.5. The van der Waals surface area contributed by atoms with Crippen molar-refractivity contribution < 1.29 is 18.3 Å². The number of hydrogen-bond acceptors (Lipinski definition) is 4. The molecule has 0 aliphatic carbocycles. The van der Waals surface area contributed by atoms with Crippen LogP contribution in [0.3, 0.4) is 0 Å². The number of halogens is 1. The molecule has 0 fully saturated rings. The van der Waals surface area contributed by atoms with Crippen molar-refractivity contribution in [3.63, 3.8) is 0 Å². The number of rotatable bonds is 4. The van der Waals surface area contributed by atoms with Crippen LogP contribution in [0.2, 0.25) is 5.02 Å². The maximum Gasteiger partial charge on any atom is 0.321 e. The zero-order valence-electron chi connectivity index (χ0n) is 9.21. The lowest BCUT2D eigenvalue weighted by molar-refractivity contribution is -0.138. The van der Waals surface area contributed by atoms with E-state index in [1.165, 1.54) is 19.1 Å². The van der Waals surface area contributed by atoms with E-state index in [4.69, 9.17) is 22.0 Å². The molecule has 0 spiro atoms. The van der Waals surface area contributed by atoms with Crippen molar-refractivity contribution in [1.29, 1.82) is 5.26 Å². The minimum atomic E-state index is -3.98. The van der Waals surface area contributed by atoms with E-state index in [0.29, 0.717) is 0 Å². The lowest BCUT2D eigenvalue weighted by Crippen LogP contribution is -2.38. The third kappa shape index (κ3) is 3.20. The molecule has 1 aromatic carbocycles. The van der Waals surface area contributed by atoms with Gasteiger partial charge in [0.15, 0.2) is 0 Å². The first-order chi connectivity index (χ1) is 8.27. The molecule has 18 heavy (non-hydrogen) atoms. The van der Waals surface area contributed by atoms with Crippen LogP contribution in [0.25, 0.3) is 0 Å². The minimum Gasteiger partial charge on any atom is -0.480 e. The standard InChI is InChI=1S/C10H9ClN2O4S/c1-6(10(14)15)13-18(16,17)8-3-2-7(5-12)9(11)4-8/h2-4,6,13H,1H3,(H,14,15). The number of nitrogens with zero attached hydrogens (tertiary/aromatic N) is 1. The van der Waals surface area contributed by atoms with Crippen molar-refractivity contribution in [3.05, 3.63) is 28.8 Å². The fraction of sp³-hybridized carbons (Fsp3) is 0.200. The summed E-state index contributed by atoms with van der Waals surface area (Å²) in [4.78, 5) is 10.4. The van der Waals surface area contributed by atoms with Crippen LogP contribution in [0.15, 0.2) is 23.1 Å². The van der Waals surface area contributed by atoms with Crippen molar-refractivity contribution in [1.82, 2.24) is 4.72 Å². The zero-order chi connectivity index (χ0) is 13.9. The fourth-order valence-corrected chi connectivity index (χ4v) is 2.61. The summed E-state index contributed by atoms with van der Waals surface area (Å²) in [6.07, 6.45) is 0. The van der Waals surface area contributed by atoms with E-state index in [-0.39, 0.29) is 15.5 Å². The van der Waals surface area contributed by atoms with Crippen LogP contribution in [0.4, 0.5) is 0 Å². The fourth-order valence-electron chi connectivity index (χ4n) is 1.10. The van der Waals surface area contributed by atoms with Crippen LogP contribution in [0.1, 0.15) is 12.5 Å². The molecule has 0 amide bonds. The molecule has 0 saturated carbocycles. The Morgan fingerprint density at radius 1 is 1.56 bits per heavy atom.